The molecule has 150 valence electrons. The van der Waals surface area contributed by atoms with Crippen LogP contribution in [0, 0.1) is 12.8 Å². The van der Waals surface area contributed by atoms with E-state index in [1.807, 2.05) is 26.4 Å². The Kier molecular flexibility index (Phi) is 10.4. The van der Waals surface area contributed by atoms with Crippen LogP contribution in [0.5, 0.6) is 0 Å². The SMILES string of the molecule is CN=C(NCc1cccc(Cn2ccnc2C)c1)NC(C)CCC(C)C.I. The molecule has 2 rings (SSSR count). The largest absolute Gasteiger partial charge is 0.354 e. The van der Waals surface area contributed by atoms with Crippen LogP contribution in [-0.4, -0.2) is 28.6 Å². The fraction of sp³-hybridized carbons (Fsp3) is 0.524. The van der Waals surface area contributed by atoms with Crippen LogP contribution in [0.25, 0.3) is 0 Å². The second-order valence-corrected chi connectivity index (χ2v) is 7.36. The summed E-state index contributed by atoms with van der Waals surface area (Å²) in [6, 6.07) is 9.07. The van der Waals surface area contributed by atoms with Gasteiger partial charge in [0.15, 0.2) is 5.96 Å². The van der Waals surface area contributed by atoms with Gasteiger partial charge in [0.25, 0.3) is 0 Å². The van der Waals surface area contributed by atoms with E-state index < -0.39 is 0 Å². The number of nitrogens with zero attached hydrogens (tertiary/aromatic N) is 3. The van der Waals surface area contributed by atoms with Gasteiger partial charge in [-0.3, -0.25) is 4.99 Å². The maximum absolute atomic E-state index is 4.35. The van der Waals surface area contributed by atoms with E-state index in [2.05, 4.69) is 70.2 Å². The summed E-state index contributed by atoms with van der Waals surface area (Å²) in [5.74, 6) is 2.63. The Balaban J connectivity index is 0.00000364. The highest BCUT2D eigenvalue weighted by molar-refractivity contribution is 14.0. The van der Waals surface area contributed by atoms with E-state index in [9.17, 15) is 0 Å². The van der Waals surface area contributed by atoms with E-state index in [1.54, 1.807) is 0 Å². The normalized spacial score (nSPS) is 12.6. The van der Waals surface area contributed by atoms with Gasteiger partial charge in [-0.15, -0.1) is 24.0 Å². The molecule has 1 unspecified atom stereocenters. The summed E-state index contributed by atoms with van der Waals surface area (Å²) in [7, 11) is 1.82. The van der Waals surface area contributed by atoms with Crippen LogP contribution in [-0.2, 0) is 13.1 Å². The number of benzene rings is 1. The topological polar surface area (TPSA) is 54.2 Å². The summed E-state index contributed by atoms with van der Waals surface area (Å²) in [5, 5.41) is 6.90. The highest BCUT2D eigenvalue weighted by atomic mass is 127. The summed E-state index contributed by atoms with van der Waals surface area (Å²) in [5.41, 5.74) is 2.52. The number of aryl methyl sites for hydroxylation is 1. The zero-order valence-electron chi connectivity index (χ0n) is 17.2. The van der Waals surface area contributed by atoms with Gasteiger partial charge in [-0.1, -0.05) is 38.1 Å². The van der Waals surface area contributed by atoms with Gasteiger partial charge >= 0.3 is 0 Å². The summed E-state index contributed by atoms with van der Waals surface area (Å²) < 4.78 is 2.16. The zero-order valence-corrected chi connectivity index (χ0v) is 19.5. The van der Waals surface area contributed by atoms with Crippen molar-refractivity contribution in [3.63, 3.8) is 0 Å². The molecule has 0 aliphatic heterocycles. The van der Waals surface area contributed by atoms with Gasteiger partial charge in [-0.25, -0.2) is 4.98 Å². The number of hydrogen-bond donors (Lipinski definition) is 2. The van der Waals surface area contributed by atoms with Crippen molar-refractivity contribution >= 4 is 29.9 Å². The Morgan fingerprint density at radius 2 is 1.93 bits per heavy atom. The number of aromatic nitrogens is 2. The lowest BCUT2D eigenvalue weighted by molar-refractivity contribution is 0.489. The van der Waals surface area contributed by atoms with Gasteiger partial charge in [0.2, 0.25) is 0 Å². The average Bonchev–Trinajstić information content (AvgIpc) is 3.02. The number of rotatable bonds is 8. The number of hydrogen-bond acceptors (Lipinski definition) is 2. The number of nitrogens with one attached hydrogen (secondary N) is 2. The van der Waals surface area contributed by atoms with Crippen molar-refractivity contribution < 1.29 is 0 Å². The molecule has 0 aliphatic carbocycles. The highest BCUT2D eigenvalue weighted by Crippen LogP contribution is 2.09. The fourth-order valence-corrected chi connectivity index (χ4v) is 2.87. The minimum atomic E-state index is 0. The maximum atomic E-state index is 4.35. The van der Waals surface area contributed by atoms with Crippen molar-refractivity contribution in [2.45, 2.75) is 59.7 Å². The van der Waals surface area contributed by atoms with Crippen LogP contribution in [0.4, 0.5) is 0 Å². The van der Waals surface area contributed by atoms with Crippen molar-refractivity contribution in [3.8, 4) is 0 Å². The quantitative estimate of drug-likeness (QED) is 0.334. The first-order valence-corrected chi connectivity index (χ1v) is 9.50. The molecule has 0 spiro atoms. The van der Waals surface area contributed by atoms with Gasteiger partial charge < -0.3 is 15.2 Å². The third-order valence-electron chi connectivity index (χ3n) is 4.51. The monoisotopic (exact) mass is 483 g/mol. The van der Waals surface area contributed by atoms with E-state index in [1.165, 1.54) is 17.5 Å². The van der Waals surface area contributed by atoms with Crippen molar-refractivity contribution in [3.05, 3.63) is 53.6 Å². The van der Waals surface area contributed by atoms with Crippen molar-refractivity contribution in [1.82, 2.24) is 20.2 Å². The Morgan fingerprint density at radius 1 is 1.19 bits per heavy atom. The predicted molar refractivity (Wildman–Crippen MR) is 125 cm³/mol. The van der Waals surface area contributed by atoms with Gasteiger partial charge in [0.05, 0.1) is 0 Å². The molecular weight excluding hydrogens is 449 g/mol. The summed E-state index contributed by atoms with van der Waals surface area (Å²) in [6.07, 6.45) is 6.24. The van der Waals surface area contributed by atoms with E-state index >= 15 is 0 Å². The molecule has 5 nitrogen and oxygen atoms in total. The standard InChI is InChI=1S/C21H33N5.HI/c1-16(2)9-10-17(3)25-21(22-5)24-14-19-7-6-8-20(13-19)15-26-12-11-23-18(26)4;/h6-8,11-13,16-17H,9-10,14-15H2,1-5H3,(H2,22,24,25);1H. The molecule has 1 heterocycles. The molecule has 27 heavy (non-hydrogen) atoms. The molecule has 0 saturated heterocycles. The first-order chi connectivity index (χ1) is 12.5. The number of imidazole rings is 1. The second kappa shape index (κ2) is 12.0. The van der Waals surface area contributed by atoms with E-state index in [4.69, 9.17) is 0 Å². The maximum Gasteiger partial charge on any atom is 0.191 e. The van der Waals surface area contributed by atoms with Crippen LogP contribution >= 0.6 is 24.0 Å². The lowest BCUT2D eigenvalue weighted by Crippen LogP contribution is -2.41. The van der Waals surface area contributed by atoms with Crippen LogP contribution in [0.1, 0.15) is 50.6 Å². The summed E-state index contributed by atoms with van der Waals surface area (Å²) >= 11 is 0. The molecule has 1 atom stereocenters. The van der Waals surface area contributed by atoms with Crippen LogP contribution in [0.2, 0.25) is 0 Å². The van der Waals surface area contributed by atoms with Gasteiger partial charge in [0.1, 0.15) is 5.82 Å². The van der Waals surface area contributed by atoms with Crippen molar-refractivity contribution in [2.24, 2.45) is 10.9 Å². The van der Waals surface area contributed by atoms with Crippen molar-refractivity contribution in [2.75, 3.05) is 7.05 Å². The zero-order chi connectivity index (χ0) is 18.9. The van der Waals surface area contributed by atoms with Gasteiger partial charge in [0, 0.05) is 38.6 Å². The first kappa shape index (κ1) is 23.5. The Morgan fingerprint density at radius 3 is 2.56 bits per heavy atom. The highest BCUT2D eigenvalue weighted by Gasteiger charge is 2.07. The Hall–Kier alpha value is -1.57. The van der Waals surface area contributed by atoms with E-state index in [-0.39, 0.29) is 24.0 Å². The first-order valence-electron chi connectivity index (χ1n) is 9.50. The number of halogens is 1. The third kappa shape index (κ3) is 8.32. The molecule has 1 aromatic heterocycles. The Bertz CT molecular complexity index is 708. The van der Waals surface area contributed by atoms with E-state index in [0.717, 1.165) is 37.2 Å². The van der Waals surface area contributed by atoms with Gasteiger partial charge in [-0.2, -0.15) is 0 Å². The van der Waals surface area contributed by atoms with Crippen molar-refractivity contribution in [1.29, 1.82) is 0 Å². The molecule has 6 heteroatoms. The molecule has 0 amide bonds. The molecule has 0 fully saturated rings. The lowest BCUT2D eigenvalue weighted by Gasteiger charge is -2.19. The summed E-state index contributed by atoms with van der Waals surface area (Å²) in [4.78, 5) is 8.63. The molecule has 2 aromatic rings. The molecular formula is C21H34IN5. The molecule has 0 bridgehead atoms. The second-order valence-electron chi connectivity index (χ2n) is 7.36. The molecule has 1 aromatic carbocycles. The van der Waals surface area contributed by atoms with Crippen LogP contribution in [0.15, 0.2) is 41.7 Å². The van der Waals surface area contributed by atoms with Crippen LogP contribution < -0.4 is 10.6 Å². The molecule has 0 saturated carbocycles. The minimum Gasteiger partial charge on any atom is -0.354 e. The fourth-order valence-electron chi connectivity index (χ4n) is 2.87. The molecule has 0 aliphatic rings. The minimum absolute atomic E-state index is 0. The lowest BCUT2D eigenvalue weighted by atomic mass is 10.0. The van der Waals surface area contributed by atoms with E-state index in [0.29, 0.717) is 6.04 Å². The Labute approximate surface area is 181 Å². The third-order valence-corrected chi connectivity index (χ3v) is 4.51. The van der Waals surface area contributed by atoms with Crippen LogP contribution in [0.3, 0.4) is 0 Å². The molecule has 2 N–H and O–H groups in total. The smallest absolute Gasteiger partial charge is 0.191 e. The van der Waals surface area contributed by atoms with Gasteiger partial charge in [-0.05, 0) is 43.7 Å². The number of aliphatic imine (C=N–C) groups is 1. The molecule has 0 radical (unpaired) electrons. The summed E-state index contributed by atoms with van der Waals surface area (Å²) in [6.45, 7) is 10.4. The predicted octanol–water partition coefficient (Wildman–Crippen LogP) is 4.35. The number of guanidine groups is 1. The average molecular weight is 483 g/mol.